The van der Waals surface area contributed by atoms with Crippen LogP contribution in [0.1, 0.15) is 0 Å². The first kappa shape index (κ1) is 25.2. The summed E-state index contributed by atoms with van der Waals surface area (Å²) >= 11 is 6.16. The molecule has 4 aromatic rings. The van der Waals surface area contributed by atoms with Crippen LogP contribution in [-0.2, 0) is 11.3 Å². The van der Waals surface area contributed by atoms with Crippen LogP contribution in [0.3, 0.4) is 0 Å². The molecule has 1 saturated heterocycles. The first-order chi connectivity index (χ1) is 18.4. The van der Waals surface area contributed by atoms with Crippen molar-refractivity contribution in [1.29, 1.82) is 0 Å². The average molecular weight is 533 g/mol. The van der Waals surface area contributed by atoms with Gasteiger partial charge in [-0.3, -0.25) is 9.78 Å². The number of rotatable bonds is 6. The smallest absolute Gasteiger partial charge is 0.407 e. The van der Waals surface area contributed by atoms with Gasteiger partial charge in [0.15, 0.2) is 0 Å². The van der Waals surface area contributed by atoms with E-state index in [9.17, 15) is 14.7 Å². The van der Waals surface area contributed by atoms with Crippen molar-refractivity contribution in [1.82, 2.24) is 29.3 Å². The number of ether oxygens (including phenoxy) is 1. The number of hydrogen-bond acceptors (Lipinski definition) is 6. The summed E-state index contributed by atoms with van der Waals surface area (Å²) in [5, 5.41) is 9.88. The predicted molar refractivity (Wildman–Crippen MR) is 142 cm³/mol. The van der Waals surface area contributed by atoms with E-state index in [2.05, 4.69) is 9.97 Å². The number of nitrogens with zero attached hydrogens (tertiary/aromatic N) is 6. The fourth-order valence-corrected chi connectivity index (χ4v) is 4.58. The highest BCUT2D eigenvalue weighted by atomic mass is 35.5. The third-order valence-electron chi connectivity index (χ3n) is 6.44. The summed E-state index contributed by atoms with van der Waals surface area (Å²) < 4.78 is 7.10. The molecule has 11 heteroatoms. The number of pyridine rings is 2. The first-order valence-electron chi connectivity index (χ1n) is 12.0. The Morgan fingerprint density at radius 3 is 2.18 bits per heavy atom. The lowest BCUT2D eigenvalue weighted by Crippen LogP contribution is -2.51. The molecule has 10 nitrogen and oxygen atoms in total. The minimum atomic E-state index is -0.978. The Balaban J connectivity index is 1.62. The molecule has 2 amide bonds. The van der Waals surface area contributed by atoms with Gasteiger partial charge >= 0.3 is 6.09 Å². The SMILES string of the molecule is COc1ccc(-c2nc(-c3ccc(Cl)cc3)c(-c3ccncc3)n2CC(=O)N2CCN(C(=O)O)CC2)cn1. The van der Waals surface area contributed by atoms with Crippen LogP contribution in [0.5, 0.6) is 5.88 Å². The Kier molecular flexibility index (Phi) is 7.23. The van der Waals surface area contributed by atoms with Crippen molar-refractivity contribution in [3.05, 3.63) is 72.1 Å². The molecular formula is C27H25ClN6O4. The van der Waals surface area contributed by atoms with E-state index in [1.807, 2.05) is 34.9 Å². The molecule has 38 heavy (non-hydrogen) atoms. The molecule has 0 radical (unpaired) electrons. The zero-order chi connectivity index (χ0) is 26.6. The summed E-state index contributed by atoms with van der Waals surface area (Å²) in [6.07, 6.45) is 4.07. The summed E-state index contributed by atoms with van der Waals surface area (Å²) in [6, 6.07) is 14.7. The zero-order valence-corrected chi connectivity index (χ0v) is 21.4. The number of piperazine rings is 1. The molecule has 4 heterocycles. The van der Waals surface area contributed by atoms with Crippen molar-refractivity contribution in [3.63, 3.8) is 0 Å². The molecule has 194 valence electrons. The van der Waals surface area contributed by atoms with Gasteiger partial charge in [-0.1, -0.05) is 23.7 Å². The summed E-state index contributed by atoms with van der Waals surface area (Å²) in [7, 11) is 1.55. The molecule has 1 fully saturated rings. The highest BCUT2D eigenvalue weighted by molar-refractivity contribution is 6.30. The topological polar surface area (TPSA) is 114 Å². The van der Waals surface area contributed by atoms with Gasteiger partial charge in [0.25, 0.3) is 0 Å². The molecule has 0 aliphatic carbocycles. The number of carboxylic acid groups (broad SMARTS) is 1. The summed E-state index contributed by atoms with van der Waals surface area (Å²) in [4.78, 5) is 41.4. The van der Waals surface area contributed by atoms with Gasteiger partial charge in [0.05, 0.1) is 18.5 Å². The van der Waals surface area contributed by atoms with Crippen molar-refractivity contribution < 1.29 is 19.4 Å². The number of halogens is 1. The molecule has 3 aromatic heterocycles. The van der Waals surface area contributed by atoms with Crippen molar-refractivity contribution in [2.75, 3.05) is 33.3 Å². The fraction of sp³-hybridized carbons (Fsp3) is 0.222. The Morgan fingerprint density at radius 1 is 0.921 bits per heavy atom. The second kappa shape index (κ2) is 10.9. The van der Waals surface area contributed by atoms with Crippen LogP contribution in [-0.4, -0.2) is 79.7 Å². The molecule has 0 atom stereocenters. The second-order valence-corrected chi connectivity index (χ2v) is 9.14. The van der Waals surface area contributed by atoms with Crippen LogP contribution in [0.15, 0.2) is 67.1 Å². The first-order valence-corrected chi connectivity index (χ1v) is 12.4. The quantitative estimate of drug-likeness (QED) is 0.396. The Hall–Kier alpha value is -4.44. The minimum Gasteiger partial charge on any atom is -0.481 e. The van der Waals surface area contributed by atoms with Gasteiger partial charge in [-0.25, -0.2) is 14.8 Å². The van der Waals surface area contributed by atoms with Crippen LogP contribution in [0.4, 0.5) is 4.79 Å². The molecule has 0 bridgehead atoms. The number of amides is 2. The lowest BCUT2D eigenvalue weighted by Gasteiger charge is -2.33. The van der Waals surface area contributed by atoms with Crippen molar-refractivity contribution >= 4 is 23.6 Å². The summed E-state index contributed by atoms with van der Waals surface area (Å²) in [5.41, 5.74) is 3.82. The third-order valence-corrected chi connectivity index (χ3v) is 6.69. The molecule has 0 unspecified atom stereocenters. The van der Waals surface area contributed by atoms with E-state index in [-0.39, 0.29) is 25.5 Å². The van der Waals surface area contributed by atoms with E-state index >= 15 is 0 Å². The van der Waals surface area contributed by atoms with Crippen molar-refractivity contribution in [2.24, 2.45) is 0 Å². The predicted octanol–water partition coefficient (Wildman–Crippen LogP) is 4.16. The highest BCUT2D eigenvalue weighted by Gasteiger charge is 2.27. The van der Waals surface area contributed by atoms with Gasteiger partial charge in [-0.05, 0) is 30.3 Å². The zero-order valence-electron chi connectivity index (χ0n) is 20.6. The molecule has 0 saturated carbocycles. The molecule has 0 spiro atoms. The Morgan fingerprint density at radius 2 is 1.58 bits per heavy atom. The van der Waals surface area contributed by atoms with Crippen LogP contribution in [0.2, 0.25) is 5.02 Å². The maximum Gasteiger partial charge on any atom is 0.407 e. The van der Waals surface area contributed by atoms with Crippen LogP contribution < -0.4 is 4.74 Å². The standard InChI is InChI=1S/C27H25ClN6O4/c1-38-22-7-4-20(16-30-22)26-31-24(18-2-5-21(28)6-3-18)25(19-8-10-29-11-9-19)34(26)17-23(35)32-12-14-33(15-13-32)27(36)37/h2-11,16H,12-15,17H2,1H3,(H,36,37). The monoisotopic (exact) mass is 532 g/mol. The fourth-order valence-electron chi connectivity index (χ4n) is 4.45. The van der Waals surface area contributed by atoms with Crippen molar-refractivity contribution in [3.8, 4) is 39.8 Å². The van der Waals surface area contributed by atoms with Crippen LogP contribution >= 0.6 is 11.6 Å². The Bertz CT molecular complexity index is 1430. The maximum atomic E-state index is 13.5. The second-order valence-electron chi connectivity index (χ2n) is 8.70. The van der Waals surface area contributed by atoms with Gasteiger partial charge in [0.1, 0.15) is 12.4 Å². The van der Waals surface area contributed by atoms with Gasteiger partial charge < -0.3 is 24.2 Å². The number of hydrogen-bond donors (Lipinski definition) is 1. The van der Waals surface area contributed by atoms with E-state index in [0.717, 1.165) is 16.8 Å². The normalized spacial score (nSPS) is 13.4. The summed E-state index contributed by atoms with van der Waals surface area (Å²) in [5.74, 6) is 0.897. The van der Waals surface area contributed by atoms with Gasteiger partial charge in [-0.2, -0.15) is 0 Å². The number of benzene rings is 1. The molecule has 1 aliphatic heterocycles. The van der Waals surface area contributed by atoms with E-state index in [1.165, 1.54) is 4.90 Å². The van der Waals surface area contributed by atoms with E-state index in [4.69, 9.17) is 21.3 Å². The molecule has 1 aromatic carbocycles. The Labute approximate surface area is 224 Å². The number of carbonyl (C=O) groups excluding carboxylic acids is 1. The lowest BCUT2D eigenvalue weighted by atomic mass is 10.1. The van der Waals surface area contributed by atoms with E-state index < -0.39 is 6.09 Å². The van der Waals surface area contributed by atoms with Gasteiger partial charge in [0.2, 0.25) is 11.8 Å². The number of imidazole rings is 1. The average Bonchev–Trinajstić information content (AvgIpc) is 3.32. The largest absolute Gasteiger partial charge is 0.481 e. The highest BCUT2D eigenvalue weighted by Crippen LogP contribution is 2.36. The molecule has 1 N–H and O–H groups in total. The molecule has 1 aliphatic rings. The van der Waals surface area contributed by atoms with E-state index in [0.29, 0.717) is 41.1 Å². The van der Waals surface area contributed by atoms with Crippen LogP contribution in [0.25, 0.3) is 33.9 Å². The number of carbonyl (C=O) groups is 2. The molecule has 5 rings (SSSR count). The minimum absolute atomic E-state index is 0.00663. The number of aromatic nitrogens is 4. The summed E-state index contributed by atoms with van der Waals surface area (Å²) in [6.45, 7) is 1.20. The van der Waals surface area contributed by atoms with Gasteiger partial charge in [0, 0.05) is 72.5 Å². The van der Waals surface area contributed by atoms with Crippen molar-refractivity contribution in [2.45, 2.75) is 6.54 Å². The maximum absolute atomic E-state index is 13.5. The van der Waals surface area contributed by atoms with E-state index in [1.54, 1.807) is 48.8 Å². The van der Waals surface area contributed by atoms with Gasteiger partial charge in [-0.15, -0.1) is 0 Å². The third kappa shape index (κ3) is 5.16. The number of methoxy groups -OCH3 is 1. The lowest BCUT2D eigenvalue weighted by molar-refractivity contribution is -0.133. The van der Waals surface area contributed by atoms with Crippen LogP contribution in [0, 0.1) is 0 Å². The molecular weight excluding hydrogens is 508 g/mol.